The van der Waals surface area contributed by atoms with Crippen molar-refractivity contribution < 1.29 is 14.3 Å². The Bertz CT molecular complexity index is 454. The fraction of sp³-hybridized carbons (Fsp3) is 0.357. The highest BCUT2D eigenvalue weighted by Crippen LogP contribution is 2.26. The Morgan fingerprint density at radius 2 is 2.05 bits per heavy atom. The second kappa shape index (κ2) is 7.88. The van der Waals surface area contributed by atoms with Crippen molar-refractivity contribution in [3.63, 3.8) is 0 Å². The van der Waals surface area contributed by atoms with Gasteiger partial charge in [0.05, 0.1) is 20.2 Å². The molecule has 1 atom stereocenters. The first-order valence-electron chi connectivity index (χ1n) is 5.92. The number of para-hydroxylation sites is 2. The van der Waals surface area contributed by atoms with Gasteiger partial charge in [-0.2, -0.15) is 0 Å². The van der Waals surface area contributed by atoms with Crippen molar-refractivity contribution in [2.45, 2.75) is 13.0 Å². The van der Waals surface area contributed by atoms with Gasteiger partial charge >= 0.3 is 6.03 Å². The number of terminal acetylenes is 1. The minimum absolute atomic E-state index is 0.187. The van der Waals surface area contributed by atoms with Crippen molar-refractivity contribution in [1.82, 2.24) is 10.6 Å². The van der Waals surface area contributed by atoms with Gasteiger partial charge in [0.15, 0.2) is 11.5 Å². The number of ether oxygens (including phenoxy) is 2. The van der Waals surface area contributed by atoms with Crippen LogP contribution in [-0.4, -0.2) is 32.3 Å². The van der Waals surface area contributed by atoms with Crippen molar-refractivity contribution in [3.05, 3.63) is 24.3 Å². The molecule has 0 aliphatic rings. The SMILES string of the molecule is C#CCNC(=O)NC[C@H](C)Oc1ccccc1OC. The number of hydrogen-bond acceptors (Lipinski definition) is 3. The second-order valence-corrected chi connectivity index (χ2v) is 3.85. The predicted molar refractivity (Wildman–Crippen MR) is 73.3 cm³/mol. The zero-order valence-corrected chi connectivity index (χ0v) is 11.1. The van der Waals surface area contributed by atoms with Crippen molar-refractivity contribution in [2.75, 3.05) is 20.2 Å². The number of urea groups is 1. The maximum absolute atomic E-state index is 11.3. The molecule has 19 heavy (non-hydrogen) atoms. The third kappa shape index (κ3) is 5.21. The average molecular weight is 262 g/mol. The molecule has 0 aromatic heterocycles. The van der Waals surface area contributed by atoms with Crippen LogP contribution in [0.1, 0.15) is 6.92 Å². The van der Waals surface area contributed by atoms with Crippen LogP contribution in [0.5, 0.6) is 11.5 Å². The molecular formula is C14H18N2O3. The molecule has 1 aromatic rings. The van der Waals surface area contributed by atoms with E-state index in [9.17, 15) is 4.79 Å². The van der Waals surface area contributed by atoms with E-state index in [1.54, 1.807) is 7.11 Å². The molecule has 0 aliphatic heterocycles. The number of methoxy groups -OCH3 is 1. The summed E-state index contributed by atoms with van der Waals surface area (Å²) in [7, 11) is 1.58. The third-order valence-electron chi connectivity index (χ3n) is 2.30. The highest BCUT2D eigenvalue weighted by molar-refractivity contribution is 5.74. The Labute approximate surface area is 113 Å². The quantitative estimate of drug-likeness (QED) is 0.762. The Morgan fingerprint density at radius 1 is 1.37 bits per heavy atom. The predicted octanol–water partition coefficient (Wildman–Crippen LogP) is 1.39. The molecule has 5 nitrogen and oxygen atoms in total. The largest absolute Gasteiger partial charge is 0.493 e. The first kappa shape index (κ1) is 14.7. The highest BCUT2D eigenvalue weighted by Gasteiger charge is 2.09. The molecule has 0 radical (unpaired) electrons. The summed E-state index contributed by atoms with van der Waals surface area (Å²) in [5.74, 6) is 3.62. The van der Waals surface area contributed by atoms with Gasteiger partial charge in [0.1, 0.15) is 6.10 Å². The van der Waals surface area contributed by atoms with Crippen molar-refractivity contribution in [2.24, 2.45) is 0 Å². The molecule has 0 unspecified atom stereocenters. The Morgan fingerprint density at radius 3 is 2.68 bits per heavy atom. The summed E-state index contributed by atoms with van der Waals surface area (Å²) in [4.78, 5) is 11.3. The summed E-state index contributed by atoms with van der Waals surface area (Å²) in [6.07, 6.45) is 4.85. The number of benzene rings is 1. The monoisotopic (exact) mass is 262 g/mol. The molecule has 1 rings (SSSR count). The molecular weight excluding hydrogens is 244 g/mol. The Kier molecular flexibility index (Phi) is 6.10. The number of rotatable bonds is 6. The van der Waals surface area contributed by atoms with Gasteiger partial charge in [0, 0.05) is 0 Å². The van der Waals surface area contributed by atoms with Crippen LogP contribution < -0.4 is 20.1 Å². The minimum Gasteiger partial charge on any atom is -0.493 e. The zero-order valence-electron chi connectivity index (χ0n) is 11.1. The van der Waals surface area contributed by atoms with Gasteiger partial charge in [-0.25, -0.2) is 4.79 Å². The van der Waals surface area contributed by atoms with E-state index in [-0.39, 0.29) is 18.7 Å². The van der Waals surface area contributed by atoms with E-state index in [1.807, 2.05) is 31.2 Å². The van der Waals surface area contributed by atoms with Crippen LogP contribution in [-0.2, 0) is 0 Å². The molecule has 0 spiro atoms. The van der Waals surface area contributed by atoms with E-state index in [4.69, 9.17) is 15.9 Å². The van der Waals surface area contributed by atoms with Crippen LogP contribution in [0.25, 0.3) is 0 Å². The Balaban J connectivity index is 2.41. The normalized spacial score (nSPS) is 11.0. The lowest BCUT2D eigenvalue weighted by Crippen LogP contribution is -2.40. The zero-order chi connectivity index (χ0) is 14.1. The summed E-state index contributed by atoms with van der Waals surface area (Å²) >= 11 is 0. The van der Waals surface area contributed by atoms with Crippen molar-refractivity contribution >= 4 is 6.03 Å². The lowest BCUT2D eigenvalue weighted by Gasteiger charge is -2.17. The van der Waals surface area contributed by atoms with Crippen LogP contribution in [0.15, 0.2) is 24.3 Å². The minimum atomic E-state index is -0.312. The topological polar surface area (TPSA) is 59.6 Å². The van der Waals surface area contributed by atoms with Crippen molar-refractivity contribution in [1.29, 1.82) is 0 Å². The lowest BCUT2D eigenvalue weighted by molar-refractivity contribution is 0.201. The van der Waals surface area contributed by atoms with E-state index >= 15 is 0 Å². The van der Waals surface area contributed by atoms with E-state index in [0.717, 1.165) is 0 Å². The van der Waals surface area contributed by atoms with Gasteiger partial charge < -0.3 is 20.1 Å². The van der Waals surface area contributed by atoms with Gasteiger partial charge in [-0.15, -0.1) is 6.42 Å². The number of carbonyl (C=O) groups excluding carboxylic acids is 1. The number of carbonyl (C=O) groups is 1. The molecule has 2 N–H and O–H groups in total. The third-order valence-corrected chi connectivity index (χ3v) is 2.30. The van der Waals surface area contributed by atoms with E-state index < -0.39 is 0 Å². The molecule has 0 heterocycles. The van der Waals surface area contributed by atoms with Gasteiger partial charge in [-0.05, 0) is 19.1 Å². The molecule has 0 bridgehead atoms. The average Bonchev–Trinajstić information content (AvgIpc) is 2.43. The van der Waals surface area contributed by atoms with E-state index in [1.165, 1.54) is 0 Å². The number of hydrogen-bond donors (Lipinski definition) is 2. The molecule has 0 saturated heterocycles. The van der Waals surface area contributed by atoms with E-state index in [0.29, 0.717) is 18.0 Å². The molecule has 0 aliphatic carbocycles. The first-order valence-corrected chi connectivity index (χ1v) is 5.92. The maximum atomic E-state index is 11.3. The van der Waals surface area contributed by atoms with Gasteiger partial charge in [-0.3, -0.25) is 0 Å². The first-order chi connectivity index (χ1) is 9.17. The summed E-state index contributed by atoms with van der Waals surface area (Å²) in [5, 5.41) is 5.17. The van der Waals surface area contributed by atoms with E-state index in [2.05, 4.69) is 16.6 Å². The van der Waals surface area contributed by atoms with Gasteiger partial charge in [0.2, 0.25) is 0 Å². The molecule has 102 valence electrons. The number of amides is 2. The van der Waals surface area contributed by atoms with Crippen LogP contribution in [0.3, 0.4) is 0 Å². The smallest absolute Gasteiger partial charge is 0.315 e. The molecule has 0 fully saturated rings. The standard InChI is InChI=1S/C14H18N2O3/c1-4-9-15-14(17)16-10-11(2)19-13-8-6-5-7-12(13)18-3/h1,5-8,11H,9-10H2,2-3H3,(H2,15,16,17)/t11-/m0/s1. The van der Waals surface area contributed by atoms with Gasteiger partial charge in [0.25, 0.3) is 0 Å². The summed E-state index contributed by atoms with van der Waals surface area (Å²) in [5.41, 5.74) is 0. The molecule has 2 amide bonds. The van der Waals surface area contributed by atoms with Crippen LogP contribution in [0, 0.1) is 12.3 Å². The van der Waals surface area contributed by atoms with Crippen LogP contribution >= 0.6 is 0 Å². The fourth-order valence-corrected chi connectivity index (χ4v) is 1.40. The summed E-state index contributed by atoms with van der Waals surface area (Å²) in [6, 6.07) is 7.04. The fourth-order valence-electron chi connectivity index (χ4n) is 1.40. The summed E-state index contributed by atoms with van der Waals surface area (Å²) < 4.78 is 10.9. The van der Waals surface area contributed by atoms with Crippen molar-refractivity contribution in [3.8, 4) is 23.8 Å². The highest BCUT2D eigenvalue weighted by atomic mass is 16.5. The maximum Gasteiger partial charge on any atom is 0.315 e. The molecule has 5 heteroatoms. The second-order valence-electron chi connectivity index (χ2n) is 3.85. The summed E-state index contributed by atoms with van der Waals surface area (Å²) in [6.45, 7) is 2.43. The molecule has 0 saturated carbocycles. The van der Waals surface area contributed by atoms with Crippen LogP contribution in [0.4, 0.5) is 4.79 Å². The number of nitrogens with one attached hydrogen (secondary N) is 2. The van der Waals surface area contributed by atoms with Gasteiger partial charge in [-0.1, -0.05) is 18.1 Å². The molecule has 1 aromatic carbocycles. The van der Waals surface area contributed by atoms with Crippen LogP contribution in [0.2, 0.25) is 0 Å². The lowest BCUT2D eigenvalue weighted by atomic mass is 10.3. The Hall–Kier alpha value is -2.35.